The molecule has 0 saturated carbocycles. The number of nitrogens with zero attached hydrogens (tertiary/aromatic N) is 2. The van der Waals surface area contributed by atoms with Crippen molar-refractivity contribution in [3.05, 3.63) is 130 Å². The summed E-state index contributed by atoms with van der Waals surface area (Å²) >= 11 is 0. The molecule has 4 aromatic rings. The lowest BCUT2D eigenvalue weighted by atomic mass is 9.99. The van der Waals surface area contributed by atoms with Gasteiger partial charge in [-0.15, -0.1) is 0 Å². The van der Waals surface area contributed by atoms with Gasteiger partial charge < -0.3 is 30.7 Å². The third-order valence-corrected chi connectivity index (χ3v) is 12.5. The topological polar surface area (TPSA) is 73.1 Å². The minimum atomic E-state index is 0.333. The molecule has 8 heteroatoms. The average molecular weight is 819 g/mol. The van der Waals surface area contributed by atoms with Crippen molar-refractivity contribution in [1.29, 1.82) is 0 Å². The lowest BCUT2D eigenvalue weighted by Crippen LogP contribution is -2.49. The molecule has 328 valence electrons. The van der Waals surface area contributed by atoms with E-state index < -0.39 is 0 Å². The molecule has 0 saturated heterocycles. The van der Waals surface area contributed by atoms with Gasteiger partial charge in [-0.05, 0) is 81.3 Å². The second-order valence-corrected chi connectivity index (χ2v) is 18.6. The third-order valence-electron chi connectivity index (χ3n) is 12.5. The maximum Gasteiger partial charge on any atom is 0.118 e. The van der Waals surface area contributed by atoms with Crippen LogP contribution in [0.4, 0.5) is 0 Å². The molecule has 0 spiro atoms. The molecular weight excluding hydrogens is 741 g/mol. The standard InChI is InChI=1S/C52H78N6O2/c1-37(2)49-33-57(31-45-19-23-47(59-9)24-20-45)34-50(38(3)4)54-28-43-15-17-44(18-16-43)30-56-52(40(7)8)36-58(32-46-21-25-48(60-10)26-22-46)35-51(39(5)6)55-29-42-13-11-41(12-14-42)27-53-49/h11-26,37-40,49-56H,27-36H2,1-10H3/t49-,50-,51-,52-/m1/s1. The molecule has 4 atom stereocenters. The Bertz CT molecular complexity index is 1560. The highest BCUT2D eigenvalue weighted by Gasteiger charge is 2.25. The third kappa shape index (κ3) is 15.3. The second-order valence-electron chi connectivity index (χ2n) is 18.6. The molecule has 0 aliphatic carbocycles. The van der Waals surface area contributed by atoms with Gasteiger partial charge in [-0.1, -0.05) is 128 Å². The monoisotopic (exact) mass is 819 g/mol. The fraction of sp³-hybridized carbons (Fsp3) is 0.538. The number of ether oxygens (including phenoxy) is 2. The van der Waals surface area contributed by atoms with E-state index in [2.05, 4.69) is 184 Å². The lowest BCUT2D eigenvalue weighted by molar-refractivity contribution is 0.174. The van der Waals surface area contributed by atoms with Gasteiger partial charge in [-0.25, -0.2) is 0 Å². The van der Waals surface area contributed by atoms with Crippen LogP contribution in [0.5, 0.6) is 11.5 Å². The first-order valence-electron chi connectivity index (χ1n) is 22.7. The van der Waals surface area contributed by atoms with Crippen LogP contribution < -0.4 is 30.7 Å². The zero-order chi connectivity index (χ0) is 43.0. The molecule has 8 rings (SSSR count). The summed E-state index contributed by atoms with van der Waals surface area (Å²) < 4.78 is 11.0. The summed E-state index contributed by atoms with van der Waals surface area (Å²) in [4.78, 5) is 5.30. The molecule has 4 heterocycles. The van der Waals surface area contributed by atoms with E-state index in [0.29, 0.717) is 47.8 Å². The van der Waals surface area contributed by atoms with Gasteiger partial charge in [0.25, 0.3) is 0 Å². The van der Waals surface area contributed by atoms with Gasteiger partial charge in [0, 0.05) is 89.6 Å². The average Bonchev–Trinajstić information content (AvgIpc) is 3.24. The van der Waals surface area contributed by atoms with E-state index in [0.717, 1.165) is 76.9 Å². The van der Waals surface area contributed by atoms with Crippen molar-refractivity contribution >= 4 is 0 Å². The Kier molecular flexibility index (Phi) is 18.9. The number of rotatable bonds is 10. The van der Waals surface area contributed by atoms with Crippen LogP contribution in [0.3, 0.4) is 0 Å². The van der Waals surface area contributed by atoms with Crippen LogP contribution in [0.2, 0.25) is 0 Å². The van der Waals surface area contributed by atoms with Crippen LogP contribution >= 0.6 is 0 Å². The highest BCUT2D eigenvalue weighted by molar-refractivity contribution is 5.28. The molecule has 0 amide bonds. The summed E-state index contributed by atoms with van der Waals surface area (Å²) in [5.41, 5.74) is 7.88. The first-order chi connectivity index (χ1) is 28.9. The van der Waals surface area contributed by atoms with E-state index >= 15 is 0 Å². The zero-order valence-electron chi connectivity index (χ0n) is 38.6. The minimum Gasteiger partial charge on any atom is -0.497 e. The Morgan fingerprint density at radius 3 is 0.833 bits per heavy atom. The molecule has 4 aliphatic rings. The summed E-state index contributed by atoms with van der Waals surface area (Å²) in [5.74, 6) is 3.70. The van der Waals surface area contributed by atoms with Crippen molar-refractivity contribution in [2.24, 2.45) is 23.7 Å². The lowest BCUT2D eigenvalue weighted by Gasteiger charge is -2.35. The first-order valence-corrected chi connectivity index (χ1v) is 22.7. The molecule has 60 heavy (non-hydrogen) atoms. The van der Waals surface area contributed by atoms with Gasteiger partial charge in [-0.2, -0.15) is 0 Å². The summed E-state index contributed by atoms with van der Waals surface area (Å²) in [6, 6.07) is 37.0. The van der Waals surface area contributed by atoms with Crippen molar-refractivity contribution in [2.45, 2.75) is 119 Å². The van der Waals surface area contributed by atoms with Gasteiger partial charge in [0.15, 0.2) is 0 Å². The van der Waals surface area contributed by atoms with E-state index in [1.54, 1.807) is 14.2 Å². The Balaban J connectivity index is 1.40. The maximum atomic E-state index is 5.49. The van der Waals surface area contributed by atoms with Crippen LogP contribution in [0.1, 0.15) is 88.8 Å². The summed E-state index contributed by atoms with van der Waals surface area (Å²) in [7, 11) is 3.47. The predicted molar refractivity (Wildman–Crippen MR) is 251 cm³/mol. The quantitative estimate of drug-likeness (QED) is 0.127. The number of hydrogen-bond donors (Lipinski definition) is 4. The molecule has 0 fully saturated rings. The van der Waals surface area contributed by atoms with Crippen molar-refractivity contribution in [2.75, 3.05) is 40.4 Å². The normalized spacial score (nSPS) is 21.3. The molecule has 0 unspecified atom stereocenters. The first kappa shape index (κ1) is 47.3. The van der Waals surface area contributed by atoms with Crippen LogP contribution in [-0.4, -0.2) is 74.4 Å². The van der Waals surface area contributed by atoms with E-state index in [1.807, 2.05) is 0 Å². The van der Waals surface area contributed by atoms with Gasteiger partial charge in [-0.3, -0.25) is 9.80 Å². The molecule has 4 aliphatic heterocycles. The van der Waals surface area contributed by atoms with E-state index in [9.17, 15) is 0 Å². The summed E-state index contributed by atoms with van der Waals surface area (Å²) in [5, 5.41) is 15.9. The predicted octanol–water partition coefficient (Wildman–Crippen LogP) is 8.88. The summed E-state index contributed by atoms with van der Waals surface area (Å²) in [6.45, 7) is 27.8. The maximum absolute atomic E-state index is 5.49. The second kappa shape index (κ2) is 24.0. The molecule has 8 nitrogen and oxygen atoms in total. The number of hydrogen-bond acceptors (Lipinski definition) is 8. The molecule has 4 N–H and O–H groups in total. The fourth-order valence-corrected chi connectivity index (χ4v) is 8.09. The Morgan fingerprint density at radius 2 is 0.633 bits per heavy atom. The largest absolute Gasteiger partial charge is 0.497 e. The Hall–Kier alpha value is -3.76. The van der Waals surface area contributed by atoms with E-state index in [4.69, 9.17) is 9.47 Å². The van der Waals surface area contributed by atoms with E-state index in [-0.39, 0.29) is 0 Å². The molecule has 0 radical (unpaired) electrons. The Labute approximate surface area is 364 Å². The van der Waals surface area contributed by atoms with Crippen molar-refractivity contribution in [3.63, 3.8) is 0 Å². The smallest absolute Gasteiger partial charge is 0.118 e. The summed E-state index contributed by atoms with van der Waals surface area (Å²) in [6.07, 6.45) is 0. The number of benzene rings is 4. The van der Waals surface area contributed by atoms with Gasteiger partial charge >= 0.3 is 0 Å². The molecule has 4 aromatic carbocycles. The van der Waals surface area contributed by atoms with Crippen LogP contribution in [-0.2, 0) is 39.3 Å². The van der Waals surface area contributed by atoms with Gasteiger partial charge in [0.2, 0.25) is 0 Å². The zero-order valence-corrected chi connectivity index (χ0v) is 38.6. The van der Waals surface area contributed by atoms with Crippen LogP contribution in [0.15, 0.2) is 97.1 Å². The SMILES string of the molecule is COc1ccc(CN2C[C@H](C(C)C)NCc3ccc(cc3)CN[C@@H](C(C)C)CN(Cc3ccc(OC)cc3)C[C@H](C(C)C)NCc3ccc(cc3)CN[C@@H](C(C)C)C2)cc1. The fourth-order valence-electron chi connectivity index (χ4n) is 8.09. The highest BCUT2D eigenvalue weighted by atomic mass is 16.5. The molecule has 0 aromatic heterocycles. The van der Waals surface area contributed by atoms with Gasteiger partial charge in [0.05, 0.1) is 14.2 Å². The van der Waals surface area contributed by atoms with Crippen LogP contribution in [0, 0.1) is 23.7 Å². The van der Waals surface area contributed by atoms with Crippen LogP contribution in [0.25, 0.3) is 0 Å². The van der Waals surface area contributed by atoms with Gasteiger partial charge in [0.1, 0.15) is 11.5 Å². The highest BCUT2D eigenvalue weighted by Crippen LogP contribution is 2.20. The minimum absolute atomic E-state index is 0.333. The number of nitrogens with one attached hydrogen (secondary N) is 4. The van der Waals surface area contributed by atoms with Crippen molar-refractivity contribution in [3.8, 4) is 11.5 Å². The molecule has 4 bridgehead atoms. The number of methoxy groups -OCH3 is 2. The van der Waals surface area contributed by atoms with Crippen molar-refractivity contribution in [1.82, 2.24) is 31.1 Å². The van der Waals surface area contributed by atoms with E-state index in [1.165, 1.54) is 33.4 Å². The molecular formula is C52H78N6O2. The Morgan fingerprint density at radius 1 is 0.400 bits per heavy atom. The van der Waals surface area contributed by atoms with Crippen molar-refractivity contribution < 1.29 is 9.47 Å².